The SMILES string of the molecule is Cc1ccccc1N1C(=O)NC(=O)/C(=C\c2c(OCc3ccccc3)ccc3ccccc23)C1=O. The molecule has 1 fully saturated rings. The number of nitrogens with zero attached hydrogens (tertiary/aromatic N) is 1. The smallest absolute Gasteiger partial charge is 0.335 e. The van der Waals surface area contributed by atoms with Crippen molar-refractivity contribution in [1.29, 1.82) is 0 Å². The summed E-state index contributed by atoms with van der Waals surface area (Å²) < 4.78 is 6.13. The van der Waals surface area contributed by atoms with Gasteiger partial charge in [-0.15, -0.1) is 0 Å². The van der Waals surface area contributed by atoms with Gasteiger partial charge in [-0.1, -0.05) is 78.9 Å². The third-order valence-corrected chi connectivity index (χ3v) is 5.91. The van der Waals surface area contributed by atoms with Gasteiger partial charge in [0.1, 0.15) is 17.9 Å². The fraction of sp³-hybridized carbons (Fsp3) is 0.0690. The summed E-state index contributed by atoms with van der Waals surface area (Å²) in [5.74, 6) is -0.901. The van der Waals surface area contributed by atoms with Gasteiger partial charge in [-0.05, 0) is 47.0 Å². The topological polar surface area (TPSA) is 75.7 Å². The predicted molar refractivity (Wildman–Crippen MR) is 135 cm³/mol. The Morgan fingerprint density at radius 1 is 0.829 bits per heavy atom. The van der Waals surface area contributed by atoms with Crippen LogP contribution in [-0.4, -0.2) is 17.8 Å². The van der Waals surface area contributed by atoms with Gasteiger partial charge in [0, 0.05) is 5.56 Å². The quantitative estimate of drug-likeness (QED) is 0.319. The number of ether oxygens (including phenoxy) is 1. The van der Waals surface area contributed by atoms with E-state index in [0.29, 0.717) is 23.6 Å². The fourth-order valence-electron chi connectivity index (χ4n) is 4.12. The summed E-state index contributed by atoms with van der Waals surface area (Å²) in [7, 11) is 0. The number of carbonyl (C=O) groups is 3. The Labute approximate surface area is 202 Å². The van der Waals surface area contributed by atoms with E-state index in [1.165, 1.54) is 6.08 Å². The van der Waals surface area contributed by atoms with Crippen molar-refractivity contribution in [1.82, 2.24) is 5.32 Å². The molecule has 4 aromatic rings. The molecule has 0 bridgehead atoms. The van der Waals surface area contributed by atoms with Crippen LogP contribution in [-0.2, 0) is 16.2 Å². The molecule has 0 aromatic heterocycles. The Balaban J connectivity index is 1.60. The van der Waals surface area contributed by atoms with E-state index in [-0.39, 0.29) is 5.57 Å². The molecule has 0 atom stereocenters. The molecule has 1 aliphatic heterocycles. The first-order chi connectivity index (χ1) is 17.0. The maximum absolute atomic E-state index is 13.5. The normalized spacial score (nSPS) is 14.9. The van der Waals surface area contributed by atoms with Crippen LogP contribution >= 0.6 is 0 Å². The lowest BCUT2D eigenvalue weighted by molar-refractivity contribution is -0.122. The van der Waals surface area contributed by atoms with Crippen LogP contribution in [0.25, 0.3) is 16.8 Å². The molecule has 35 heavy (non-hydrogen) atoms. The van der Waals surface area contributed by atoms with E-state index >= 15 is 0 Å². The number of carbonyl (C=O) groups excluding carboxylic acids is 3. The maximum atomic E-state index is 13.5. The van der Waals surface area contributed by atoms with E-state index in [1.807, 2.05) is 72.8 Å². The van der Waals surface area contributed by atoms with Gasteiger partial charge in [-0.3, -0.25) is 14.9 Å². The van der Waals surface area contributed by atoms with Gasteiger partial charge < -0.3 is 4.74 Å². The van der Waals surface area contributed by atoms with Crippen molar-refractivity contribution in [2.45, 2.75) is 13.5 Å². The van der Waals surface area contributed by atoms with E-state index in [4.69, 9.17) is 4.74 Å². The second-order valence-corrected chi connectivity index (χ2v) is 8.22. The van der Waals surface area contributed by atoms with Gasteiger partial charge in [0.2, 0.25) is 0 Å². The number of rotatable bonds is 5. The Hall–Kier alpha value is -4.71. The van der Waals surface area contributed by atoms with Crippen molar-refractivity contribution in [3.8, 4) is 5.75 Å². The number of urea groups is 1. The summed E-state index contributed by atoms with van der Waals surface area (Å²) in [6.45, 7) is 2.12. The van der Waals surface area contributed by atoms with Crippen LogP contribution in [0.1, 0.15) is 16.7 Å². The number of hydrogen-bond donors (Lipinski definition) is 1. The largest absolute Gasteiger partial charge is 0.488 e. The molecular formula is C29H22N2O4. The number of imide groups is 2. The van der Waals surface area contributed by atoms with E-state index in [9.17, 15) is 14.4 Å². The number of fused-ring (bicyclic) bond motifs is 1. The Bertz CT molecular complexity index is 1490. The molecule has 0 aliphatic carbocycles. The number of amides is 4. The minimum absolute atomic E-state index is 0.145. The van der Waals surface area contributed by atoms with E-state index < -0.39 is 17.8 Å². The molecule has 6 heteroatoms. The Morgan fingerprint density at radius 3 is 2.34 bits per heavy atom. The zero-order valence-corrected chi connectivity index (χ0v) is 19.0. The molecule has 1 N–H and O–H groups in total. The average molecular weight is 463 g/mol. The maximum Gasteiger partial charge on any atom is 0.335 e. The number of benzene rings is 4. The highest BCUT2D eigenvalue weighted by atomic mass is 16.5. The molecule has 0 unspecified atom stereocenters. The first-order valence-electron chi connectivity index (χ1n) is 11.2. The van der Waals surface area contributed by atoms with Crippen LogP contribution in [0.5, 0.6) is 5.75 Å². The molecule has 4 aromatic carbocycles. The number of hydrogen-bond acceptors (Lipinski definition) is 4. The Kier molecular flexibility index (Phi) is 5.85. The second-order valence-electron chi connectivity index (χ2n) is 8.22. The first-order valence-corrected chi connectivity index (χ1v) is 11.2. The molecule has 4 amide bonds. The minimum atomic E-state index is -0.773. The summed E-state index contributed by atoms with van der Waals surface area (Å²) >= 11 is 0. The van der Waals surface area contributed by atoms with Crippen molar-refractivity contribution in [3.63, 3.8) is 0 Å². The molecule has 5 rings (SSSR count). The molecule has 0 spiro atoms. The van der Waals surface area contributed by atoms with Crippen molar-refractivity contribution in [3.05, 3.63) is 113 Å². The van der Waals surface area contributed by atoms with Crippen molar-refractivity contribution in [2.75, 3.05) is 4.90 Å². The first kappa shape index (κ1) is 22.1. The standard InChI is InChI=1S/C29H22N2O4/c1-19-9-5-8-14-25(19)31-28(33)24(27(32)30-29(31)34)17-23-22-13-7-6-12-21(22)15-16-26(23)35-18-20-10-3-2-4-11-20/h2-17H,18H2,1H3,(H,30,32,34)/b24-17+. The van der Waals surface area contributed by atoms with Gasteiger partial charge in [0.25, 0.3) is 11.8 Å². The van der Waals surface area contributed by atoms with E-state index in [2.05, 4.69) is 5.32 Å². The summed E-state index contributed by atoms with van der Waals surface area (Å²) in [4.78, 5) is 39.9. The van der Waals surface area contributed by atoms with Crippen molar-refractivity contribution >= 4 is 40.4 Å². The van der Waals surface area contributed by atoms with Crippen molar-refractivity contribution < 1.29 is 19.1 Å². The summed E-state index contributed by atoms with van der Waals surface area (Å²) in [5.41, 5.74) is 2.60. The zero-order chi connectivity index (χ0) is 24.4. The van der Waals surface area contributed by atoms with Crippen molar-refractivity contribution in [2.24, 2.45) is 0 Å². The molecular weight excluding hydrogens is 440 g/mol. The summed E-state index contributed by atoms with van der Waals surface area (Å²) in [6, 6.07) is 27.4. The molecule has 172 valence electrons. The number of aryl methyl sites for hydroxylation is 1. The fourth-order valence-corrected chi connectivity index (χ4v) is 4.12. The van der Waals surface area contributed by atoms with Crippen LogP contribution < -0.4 is 15.0 Å². The van der Waals surface area contributed by atoms with E-state index in [1.54, 1.807) is 25.1 Å². The van der Waals surface area contributed by atoms with Crippen LogP contribution in [0.15, 0.2) is 96.6 Å². The highest BCUT2D eigenvalue weighted by Gasteiger charge is 2.37. The number of para-hydroxylation sites is 1. The lowest BCUT2D eigenvalue weighted by Gasteiger charge is -2.27. The van der Waals surface area contributed by atoms with Crippen LogP contribution in [0.3, 0.4) is 0 Å². The number of nitrogens with one attached hydrogen (secondary N) is 1. The highest BCUT2D eigenvalue weighted by molar-refractivity contribution is 6.39. The summed E-state index contributed by atoms with van der Waals surface area (Å²) in [5, 5.41) is 4.06. The van der Waals surface area contributed by atoms with Gasteiger partial charge in [0.05, 0.1) is 5.69 Å². The minimum Gasteiger partial charge on any atom is -0.488 e. The van der Waals surface area contributed by atoms with Crippen LogP contribution in [0.2, 0.25) is 0 Å². The Morgan fingerprint density at radius 2 is 1.54 bits per heavy atom. The van der Waals surface area contributed by atoms with E-state index in [0.717, 1.165) is 26.8 Å². The molecule has 1 heterocycles. The molecule has 0 saturated carbocycles. The average Bonchev–Trinajstić information content (AvgIpc) is 2.87. The molecule has 1 aliphatic rings. The van der Waals surface area contributed by atoms with Gasteiger partial charge in [-0.25, -0.2) is 9.69 Å². The lowest BCUT2D eigenvalue weighted by Crippen LogP contribution is -2.54. The highest BCUT2D eigenvalue weighted by Crippen LogP contribution is 2.32. The number of anilines is 1. The van der Waals surface area contributed by atoms with Gasteiger partial charge in [0.15, 0.2) is 0 Å². The third-order valence-electron chi connectivity index (χ3n) is 5.91. The molecule has 0 radical (unpaired) electrons. The predicted octanol–water partition coefficient (Wildman–Crippen LogP) is 5.39. The molecule has 6 nitrogen and oxygen atoms in total. The van der Waals surface area contributed by atoms with Crippen LogP contribution in [0.4, 0.5) is 10.5 Å². The monoisotopic (exact) mass is 462 g/mol. The zero-order valence-electron chi connectivity index (χ0n) is 19.0. The third kappa shape index (κ3) is 4.29. The summed E-state index contributed by atoms with van der Waals surface area (Å²) in [6.07, 6.45) is 1.51. The number of barbiturate groups is 1. The molecule has 1 saturated heterocycles. The van der Waals surface area contributed by atoms with Crippen LogP contribution in [0, 0.1) is 6.92 Å². The second kappa shape index (κ2) is 9.27. The van der Waals surface area contributed by atoms with Gasteiger partial charge in [-0.2, -0.15) is 0 Å². The lowest BCUT2D eigenvalue weighted by atomic mass is 9.99. The van der Waals surface area contributed by atoms with Gasteiger partial charge >= 0.3 is 6.03 Å².